The fraction of sp³-hybridized carbons (Fsp3) is 0.222. The molecule has 142 valence electrons. The van der Waals surface area contributed by atoms with E-state index in [4.69, 9.17) is 27.9 Å². The molecule has 0 aliphatic carbocycles. The van der Waals surface area contributed by atoms with Gasteiger partial charge in [0.15, 0.2) is 6.10 Å². The Morgan fingerprint density at radius 1 is 1.00 bits per heavy atom. The average molecular weight is 410 g/mol. The Morgan fingerprint density at radius 2 is 1.63 bits per heavy atom. The summed E-state index contributed by atoms with van der Waals surface area (Å²) >= 11 is 11.5. The maximum absolute atomic E-state index is 12.1. The topological polar surface area (TPSA) is 97.4 Å². The number of pyridine rings is 1. The maximum Gasteiger partial charge on any atom is 0.329 e. The van der Waals surface area contributed by atoms with Gasteiger partial charge in [0.1, 0.15) is 11.9 Å². The summed E-state index contributed by atoms with van der Waals surface area (Å²) in [6, 6.07) is 8.33. The highest BCUT2D eigenvalue weighted by molar-refractivity contribution is 6.30. The van der Waals surface area contributed by atoms with Gasteiger partial charge in [-0.25, -0.2) is 9.78 Å². The van der Waals surface area contributed by atoms with Crippen molar-refractivity contribution in [1.82, 2.24) is 10.3 Å². The molecule has 0 aliphatic rings. The molecule has 27 heavy (non-hydrogen) atoms. The molecule has 2 rings (SSSR count). The number of hydrogen-bond donors (Lipinski definition) is 2. The third-order valence-electron chi connectivity index (χ3n) is 3.45. The Balaban J connectivity index is 1.86. The Morgan fingerprint density at radius 3 is 2.22 bits per heavy atom. The molecule has 0 bridgehead atoms. The summed E-state index contributed by atoms with van der Waals surface area (Å²) < 4.78 is 5.09. The molecule has 0 fully saturated rings. The number of carbonyl (C=O) groups is 3. The molecule has 1 aromatic carbocycles. The molecular weight excluding hydrogens is 393 g/mol. The van der Waals surface area contributed by atoms with E-state index in [0.717, 1.165) is 0 Å². The van der Waals surface area contributed by atoms with E-state index in [1.807, 2.05) is 0 Å². The van der Waals surface area contributed by atoms with Crippen LogP contribution in [0, 0.1) is 0 Å². The van der Waals surface area contributed by atoms with Gasteiger partial charge in [-0.1, -0.05) is 23.2 Å². The Labute approximate surface area is 166 Å². The number of amides is 2. The summed E-state index contributed by atoms with van der Waals surface area (Å²) in [6.07, 6.45) is 0.298. The van der Waals surface area contributed by atoms with E-state index < -0.39 is 29.9 Å². The second-order valence-electron chi connectivity index (χ2n) is 5.63. The largest absolute Gasteiger partial charge is 0.451 e. The van der Waals surface area contributed by atoms with Crippen LogP contribution in [0.25, 0.3) is 0 Å². The lowest BCUT2D eigenvalue weighted by Crippen LogP contribution is -2.42. The second kappa shape index (κ2) is 9.34. The van der Waals surface area contributed by atoms with Gasteiger partial charge in [-0.3, -0.25) is 9.59 Å². The van der Waals surface area contributed by atoms with Crippen molar-refractivity contribution in [3.63, 3.8) is 0 Å². The average Bonchev–Trinajstić information content (AvgIpc) is 2.63. The third-order valence-corrected chi connectivity index (χ3v) is 3.92. The predicted octanol–water partition coefficient (Wildman–Crippen LogP) is 3.08. The van der Waals surface area contributed by atoms with E-state index in [1.54, 1.807) is 18.2 Å². The van der Waals surface area contributed by atoms with Gasteiger partial charge < -0.3 is 15.4 Å². The first-order chi connectivity index (χ1) is 12.8. The minimum atomic E-state index is -1.08. The van der Waals surface area contributed by atoms with Crippen LogP contribution in [0.3, 0.4) is 0 Å². The van der Waals surface area contributed by atoms with Crippen LogP contribution >= 0.6 is 23.2 Å². The molecule has 9 heteroatoms. The molecule has 2 atom stereocenters. The molecule has 2 aromatic rings. The Kier molecular flexibility index (Phi) is 7.15. The number of halogens is 2. The number of aromatic nitrogens is 1. The smallest absolute Gasteiger partial charge is 0.329 e. The minimum Gasteiger partial charge on any atom is -0.451 e. The van der Waals surface area contributed by atoms with Crippen LogP contribution in [0.2, 0.25) is 10.0 Å². The van der Waals surface area contributed by atoms with Crippen LogP contribution in [0.4, 0.5) is 5.82 Å². The van der Waals surface area contributed by atoms with Crippen LogP contribution in [0.1, 0.15) is 24.2 Å². The van der Waals surface area contributed by atoms with Crippen LogP contribution in [0.15, 0.2) is 42.6 Å². The number of nitrogens with one attached hydrogen (secondary N) is 2. The Bertz CT molecular complexity index is 826. The minimum absolute atomic E-state index is 0.274. The lowest BCUT2D eigenvalue weighted by Gasteiger charge is -2.17. The van der Waals surface area contributed by atoms with Crippen LogP contribution in [-0.2, 0) is 14.3 Å². The molecule has 0 saturated heterocycles. The highest BCUT2D eigenvalue weighted by Crippen LogP contribution is 2.11. The van der Waals surface area contributed by atoms with Crippen LogP contribution in [0.5, 0.6) is 0 Å². The van der Waals surface area contributed by atoms with E-state index in [-0.39, 0.29) is 5.82 Å². The number of anilines is 1. The van der Waals surface area contributed by atoms with Crippen molar-refractivity contribution >= 4 is 46.8 Å². The standard InChI is InChI=1S/C18H17Cl2N3O4/c1-10(22-17(25)12-3-5-13(19)6-4-12)18(26)27-11(2)16(24)23-15-8-7-14(20)9-21-15/h3-11H,1-2H3,(H,22,25)(H,21,23,24)/t10-,11-/m0/s1. The molecule has 0 spiro atoms. The van der Waals surface area contributed by atoms with Gasteiger partial charge in [-0.2, -0.15) is 0 Å². The number of esters is 1. The number of ether oxygens (including phenoxy) is 1. The molecular formula is C18H17Cl2N3O4. The number of benzene rings is 1. The van der Waals surface area contributed by atoms with Crippen molar-refractivity contribution in [2.24, 2.45) is 0 Å². The van der Waals surface area contributed by atoms with Gasteiger partial charge in [0.05, 0.1) is 5.02 Å². The van der Waals surface area contributed by atoms with E-state index in [1.165, 1.54) is 38.2 Å². The summed E-state index contributed by atoms with van der Waals surface area (Å²) in [4.78, 5) is 40.2. The van der Waals surface area contributed by atoms with Crippen molar-refractivity contribution in [2.75, 3.05) is 5.32 Å². The zero-order valence-electron chi connectivity index (χ0n) is 14.5. The quantitative estimate of drug-likeness (QED) is 0.714. The molecule has 2 N–H and O–H groups in total. The number of rotatable bonds is 6. The van der Waals surface area contributed by atoms with Gasteiger partial charge >= 0.3 is 5.97 Å². The lowest BCUT2D eigenvalue weighted by molar-refractivity contribution is -0.154. The summed E-state index contributed by atoms with van der Waals surface area (Å²) in [5.74, 6) is -1.49. The SMILES string of the molecule is C[C@H](NC(=O)c1ccc(Cl)cc1)C(=O)O[C@@H](C)C(=O)Nc1ccc(Cl)cn1. The zero-order chi connectivity index (χ0) is 20.0. The van der Waals surface area contributed by atoms with Gasteiger partial charge in [-0.15, -0.1) is 0 Å². The van der Waals surface area contributed by atoms with E-state index in [9.17, 15) is 14.4 Å². The van der Waals surface area contributed by atoms with Crippen molar-refractivity contribution in [3.8, 4) is 0 Å². The zero-order valence-corrected chi connectivity index (χ0v) is 16.0. The van der Waals surface area contributed by atoms with Crippen LogP contribution in [-0.4, -0.2) is 34.9 Å². The van der Waals surface area contributed by atoms with E-state index >= 15 is 0 Å². The Hall–Kier alpha value is -2.64. The van der Waals surface area contributed by atoms with Gasteiger partial charge in [0.2, 0.25) is 0 Å². The number of hydrogen-bond acceptors (Lipinski definition) is 5. The van der Waals surface area contributed by atoms with E-state index in [2.05, 4.69) is 15.6 Å². The normalized spacial score (nSPS) is 12.6. The van der Waals surface area contributed by atoms with Crippen LogP contribution < -0.4 is 10.6 Å². The van der Waals surface area contributed by atoms with Gasteiger partial charge in [0.25, 0.3) is 11.8 Å². The molecule has 2 amide bonds. The summed E-state index contributed by atoms with van der Waals surface area (Å²) in [7, 11) is 0. The molecule has 7 nitrogen and oxygen atoms in total. The first-order valence-electron chi connectivity index (χ1n) is 7.95. The summed E-state index contributed by atoms with van der Waals surface area (Å²) in [5.41, 5.74) is 0.346. The second-order valence-corrected chi connectivity index (χ2v) is 6.50. The summed E-state index contributed by atoms with van der Waals surface area (Å²) in [6.45, 7) is 2.87. The molecule has 1 aromatic heterocycles. The molecule has 0 aliphatic heterocycles. The fourth-order valence-corrected chi connectivity index (χ4v) is 2.19. The van der Waals surface area contributed by atoms with Crippen molar-refractivity contribution < 1.29 is 19.1 Å². The highest BCUT2D eigenvalue weighted by atomic mass is 35.5. The summed E-state index contributed by atoms with van der Waals surface area (Å²) in [5, 5.41) is 5.92. The third kappa shape index (κ3) is 6.23. The van der Waals surface area contributed by atoms with Crippen molar-refractivity contribution in [2.45, 2.75) is 26.0 Å². The monoisotopic (exact) mass is 409 g/mol. The first-order valence-corrected chi connectivity index (χ1v) is 8.71. The van der Waals surface area contributed by atoms with Gasteiger partial charge in [0, 0.05) is 16.8 Å². The number of nitrogens with zero attached hydrogens (tertiary/aromatic N) is 1. The number of carbonyl (C=O) groups excluding carboxylic acids is 3. The fourth-order valence-electron chi connectivity index (χ4n) is 1.95. The van der Waals surface area contributed by atoms with Crippen molar-refractivity contribution in [1.29, 1.82) is 0 Å². The predicted molar refractivity (Wildman–Crippen MR) is 102 cm³/mol. The first kappa shape index (κ1) is 20.7. The maximum atomic E-state index is 12.1. The highest BCUT2D eigenvalue weighted by Gasteiger charge is 2.23. The van der Waals surface area contributed by atoms with Crippen molar-refractivity contribution in [3.05, 3.63) is 58.2 Å². The molecule has 0 radical (unpaired) electrons. The molecule has 0 unspecified atom stereocenters. The molecule has 0 saturated carbocycles. The van der Waals surface area contributed by atoms with Gasteiger partial charge in [-0.05, 0) is 50.2 Å². The van der Waals surface area contributed by atoms with E-state index in [0.29, 0.717) is 15.6 Å². The lowest BCUT2D eigenvalue weighted by atomic mass is 10.2. The molecule has 1 heterocycles.